The highest BCUT2D eigenvalue weighted by Gasteiger charge is 2.47. The van der Waals surface area contributed by atoms with E-state index in [0.717, 1.165) is 6.42 Å². The highest BCUT2D eigenvalue weighted by molar-refractivity contribution is 7.89. The summed E-state index contributed by atoms with van der Waals surface area (Å²) in [6.45, 7) is 4.08. The molecule has 98 valence electrons. The third-order valence-corrected chi connectivity index (χ3v) is 4.98. The van der Waals surface area contributed by atoms with Gasteiger partial charge in [-0.3, -0.25) is 0 Å². The van der Waals surface area contributed by atoms with Gasteiger partial charge in [0.1, 0.15) is 4.99 Å². The van der Waals surface area contributed by atoms with E-state index in [1.165, 1.54) is 12.1 Å². The average Bonchev–Trinajstić information content (AvgIpc) is 2.85. The summed E-state index contributed by atoms with van der Waals surface area (Å²) in [5, 5.41) is 0. The summed E-state index contributed by atoms with van der Waals surface area (Å²) >= 11 is 4.82. The molecule has 1 saturated carbocycles. The van der Waals surface area contributed by atoms with Crippen LogP contribution in [0, 0.1) is 5.41 Å². The number of benzene rings is 1. The zero-order valence-corrected chi connectivity index (χ0v) is 11.9. The van der Waals surface area contributed by atoms with Gasteiger partial charge in [-0.1, -0.05) is 38.2 Å². The van der Waals surface area contributed by atoms with Crippen LogP contribution in [0.3, 0.4) is 0 Å². The topological polar surface area (TPSA) is 72.2 Å². The monoisotopic (exact) mass is 284 g/mol. The second kappa shape index (κ2) is 4.29. The van der Waals surface area contributed by atoms with Gasteiger partial charge in [-0.25, -0.2) is 13.1 Å². The van der Waals surface area contributed by atoms with Gasteiger partial charge in [0.25, 0.3) is 0 Å². The van der Waals surface area contributed by atoms with Gasteiger partial charge >= 0.3 is 0 Å². The van der Waals surface area contributed by atoms with Crippen molar-refractivity contribution in [3.8, 4) is 0 Å². The lowest BCUT2D eigenvalue weighted by Gasteiger charge is -2.08. The molecular weight excluding hydrogens is 268 g/mol. The molecule has 1 aliphatic carbocycles. The number of thiocarbonyl (C=S) groups is 1. The standard InChI is InChI=1S/C12H16N2O2S2/c1-12(2)7-10(12)14-18(15,16)9-5-3-8(4-6-9)11(13)17/h3-6,10,14H,7H2,1-2H3,(H2,13,17). The minimum absolute atomic E-state index is 0.0257. The van der Waals surface area contributed by atoms with Crippen molar-refractivity contribution < 1.29 is 8.42 Å². The van der Waals surface area contributed by atoms with Crippen LogP contribution in [0.25, 0.3) is 0 Å². The molecule has 1 aromatic carbocycles. The van der Waals surface area contributed by atoms with Crippen LogP contribution in [0.5, 0.6) is 0 Å². The SMILES string of the molecule is CC1(C)CC1NS(=O)(=O)c1ccc(C(N)=S)cc1. The lowest BCUT2D eigenvalue weighted by Crippen LogP contribution is -2.28. The number of rotatable bonds is 4. The van der Waals surface area contributed by atoms with Crippen LogP contribution in [0.2, 0.25) is 0 Å². The van der Waals surface area contributed by atoms with Crippen molar-refractivity contribution in [3.63, 3.8) is 0 Å². The number of nitrogens with one attached hydrogen (secondary N) is 1. The quantitative estimate of drug-likeness (QED) is 0.820. The van der Waals surface area contributed by atoms with Gasteiger partial charge in [0, 0.05) is 11.6 Å². The first-order chi connectivity index (χ1) is 8.22. The Balaban J connectivity index is 2.17. The van der Waals surface area contributed by atoms with Crippen LogP contribution in [0.15, 0.2) is 29.2 Å². The zero-order chi connectivity index (χ0) is 13.6. The molecule has 1 fully saturated rings. The van der Waals surface area contributed by atoms with E-state index in [1.54, 1.807) is 12.1 Å². The van der Waals surface area contributed by atoms with Crippen molar-refractivity contribution in [2.24, 2.45) is 11.1 Å². The smallest absolute Gasteiger partial charge is 0.240 e. The van der Waals surface area contributed by atoms with E-state index < -0.39 is 10.0 Å². The number of nitrogens with two attached hydrogens (primary N) is 1. The molecule has 0 saturated heterocycles. The van der Waals surface area contributed by atoms with Crippen molar-refractivity contribution in [1.29, 1.82) is 0 Å². The molecule has 2 rings (SSSR count). The molecule has 1 aliphatic rings. The van der Waals surface area contributed by atoms with E-state index >= 15 is 0 Å². The molecule has 1 unspecified atom stereocenters. The minimum atomic E-state index is -3.44. The van der Waals surface area contributed by atoms with E-state index in [0.29, 0.717) is 5.56 Å². The van der Waals surface area contributed by atoms with Crippen LogP contribution in [-0.2, 0) is 10.0 Å². The lowest BCUT2D eigenvalue weighted by molar-refractivity contribution is 0.555. The first-order valence-corrected chi connectivity index (χ1v) is 7.54. The van der Waals surface area contributed by atoms with Gasteiger partial charge in [-0.05, 0) is 24.0 Å². The van der Waals surface area contributed by atoms with Crippen molar-refractivity contribution >= 4 is 27.2 Å². The zero-order valence-electron chi connectivity index (χ0n) is 10.3. The molecular formula is C12H16N2O2S2. The van der Waals surface area contributed by atoms with Gasteiger partial charge in [0.2, 0.25) is 10.0 Å². The van der Waals surface area contributed by atoms with Gasteiger partial charge in [-0.15, -0.1) is 0 Å². The predicted octanol–water partition coefficient (Wildman–Crippen LogP) is 1.40. The summed E-state index contributed by atoms with van der Waals surface area (Å²) < 4.78 is 26.8. The van der Waals surface area contributed by atoms with Crippen LogP contribution in [-0.4, -0.2) is 19.4 Å². The Labute approximate surface area is 113 Å². The molecule has 0 aliphatic heterocycles. The molecule has 1 aromatic rings. The molecule has 4 nitrogen and oxygen atoms in total. The summed E-state index contributed by atoms with van der Waals surface area (Å²) in [6, 6.07) is 6.31. The lowest BCUT2D eigenvalue weighted by atomic mass is 10.2. The number of sulfonamides is 1. The Hall–Kier alpha value is -0.980. The van der Waals surface area contributed by atoms with Crippen molar-refractivity contribution in [2.45, 2.75) is 31.2 Å². The Kier molecular flexibility index (Phi) is 3.21. The number of hydrogen-bond donors (Lipinski definition) is 2. The Morgan fingerprint density at radius 2 is 1.89 bits per heavy atom. The second-order valence-electron chi connectivity index (χ2n) is 5.26. The highest BCUT2D eigenvalue weighted by atomic mass is 32.2. The Morgan fingerprint density at radius 3 is 2.28 bits per heavy atom. The average molecular weight is 284 g/mol. The van der Waals surface area contributed by atoms with E-state index in [1.807, 2.05) is 13.8 Å². The Bertz CT molecular complexity index is 577. The van der Waals surface area contributed by atoms with Gasteiger partial charge < -0.3 is 5.73 Å². The van der Waals surface area contributed by atoms with E-state index in [-0.39, 0.29) is 21.3 Å². The number of hydrogen-bond acceptors (Lipinski definition) is 3. The Morgan fingerprint density at radius 1 is 1.39 bits per heavy atom. The fourth-order valence-corrected chi connectivity index (χ4v) is 3.27. The second-order valence-corrected chi connectivity index (χ2v) is 7.41. The molecule has 0 radical (unpaired) electrons. The summed E-state index contributed by atoms with van der Waals surface area (Å²) in [5.74, 6) is 0. The third kappa shape index (κ3) is 2.71. The van der Waals surface area contributed by atoms with E-state index in [2.05, 4.69) is 4.72 Å². The minimum Gasteiger partial charge on any atom is -0.389 e. The van der Waals surface area contributed by atoms with Gasteiger partial charge in [-0.2, -0.15) is 0 Å². The summed E-state index contributed by atoms with van der Waals surface area (Å²) in [5.41, 5.74) is 6.19. The fraction of sp³-hybridized carbons (Fsp3) is 0.417. The molecule has 0 bridgehead atoms. The third-order valence-electron chi connectivity index (χ3n) is 3.26. The van der Waals surface area contributed by atoms with Crippen LogP contribution in [0.4, 0.5) is 0 Å². The molecule has 0 aromatic heterocycles. The predicted molar refractivity (Wildman–Crippen MR) is 74.8 cm³/mol. The molecule has 1 atom stereocenters. The first-order valence-electron chi connectivity index (χ1n) is 5.64. The summed E-state index contributed by atoms with van der Waals surface area (Å²) in [7, 11) is -3.44. The normalized spacial score (nSPS) is 21.6. The molecule has 3 N–H and O–H groups in total. The van der Waals surface area contributed by atoms with Crippen LogP contribution < -0.4 is 10.5 Å². The summed E-state index contributed by atoms with van der Waals surface area (Å²) in [6.07, 6.45) is 0.872. The molecule has 18 heavy (non-hydrogen) atoms. The molecule has 0 amide bonds. The van der Waals surface area contributed by atoms with Crippen LogP contribution >= 0.6 is 12.2 Å². The van der Waals surface area contributed by atoms with Crippen LogP contribution in [0.1, 0.15) is 25.8 Å². The molecule has 0 heterocycles. The highest BCUT2D eigenvalue weighted by Crippen LogP contribution is 2.45. The molecule has 6 heteroatoms. The maximum absolute atomic E-state index is 12.1. The maximum Gasteiger partial charge on any atom is 0.240 e. The molecule has 0 spiro atoms. The van der Waals surface area contributed by atoms with Gasteiger partial charge in [0.15, 0.2) is 0 Å². The largest absolute Gasteiger partial charge is 0.389 e. The van der Waals surface area contributed by atoms with E-state index in [9.17, 15) is 8.42 Å². The van der Waals surface area contributed by atoms with E-state index in [4.69, 9.17) is 18.0 Å². The fourth-order valence-electron chi connectivity index (χ4n) is 1.72. The van der Waals surface area contributed by atoms with Gasteiger partial charge in [0.05, 0.1) is 4.90 Å². The van der Waals surface area contributed by atoms with Crippen molar-refractivity contribution in [2.75, 3.05) is 0 Å². The van der Waals surface area contributed by atoms with Crippen molar-refractivity contribution in [3.05, 3.63) is 29.8 Å². The first kappa shape index (κ1) is 13.5. The maximum atomic E-state index is 12.1. The van der Waals surface area contributed by atoms with Crippen molar-refractivity contribution in [1.82, 2.24) is 4.72 Å². The summed E-state index contributed by atoms with van der Waals surface area (Å²) in [4.78, 5) is 0.500.